The Morgan fingerprint density at radius 3 is 2.75 bits per heavy atom. The maximum Gasteiger partial charge on any atom is 0.330 e. The first-order valence-corrected chi connectivity index (χ1v) is 4.91. The molecule has 0 radical (unpaired) electrons. The van der Waals surface area contributed by atoms with Crippen LogP contribution in [0.5, 0.6) is 0 Å². The van der Waals surface area contributed by atoms with Gasteiger partial charge in [0.05, 0.1) is 19.8 Å². The molecule has 2 atom stereocenters. The lowest BCUT2D eigenvalue weighted by Gasteiger charge is -2.16. The minimum atomic E-state index is -0.968. The third-order valence-electron chi connectivity index (χ3n) is 2.36. The molecule has 6 nitrogen and oxygen atoms in total. The normalized spacial score (nSPS) is 20.8. The Labute approximate surface area is 100 Å². The highest BCUT2D eigenvalue weighted by Crippen LogP contribution is 2.05. The molecular formula is C9H17ClN2O4. The number of aliphatic hydroxyl groups excluding tert-OH is 1. The van der Waals surface area contributed by atoms with Crippen LogP contribution < -0.4 is 10.6 Å². The first-order chi connectivity index (χ1) is 7.19. The number of rotatable bonds is 4. The van der Waals surface area contributed by atoms with Crippen molar-refractivity contribution < 1.29 is 19.4 Å². The third-order valence-corrected chi connectivity index (χ3v) is 2.36. The summed E-state index contributed by atoms with van der Waals surface area (Å²) in [7, 11) is 1.21. The van der Waals surface area contributed by atoms with Crippen molar-refractivity contribution in [3.63, 3.8) is 0 Å². The van der Waals surface area contributed by atoms with E-state index in [2.05, 4.69) is 15.4 Å². The summed E-state index contributed by atoms with van der Waals surface area (Å²) in [6.45, 7) is 0.352. The highest BCUT2D eigenvalue weighted by atomic mass is 35.5. The number of carbonyl (C=O) groups excluding carboxylic acids is 2. The van der Waals surface area contributed by atoms with Gasteiger partial charge in [-0.1, -0.05) is 0 Å². The Morgan fingerprint density at radius 1 is 1.62 bits per heavy atom. The second kappa shape index (κ2) is 7.43. The lowest BCUT2D eigenvalue weighted by Crippen LogP contribution is -2.50. The monoisotopic (exact) mass is 252 g/mol. The van der Waals surface area contributed by atoms with Crippen molar-refractivity contribution in [3.05, 3.63) is 0 Å². The SMILES string of the molecule is COC(=O)C(CO)NC(=O)C1CCCN1.Cl. The van der Waals surface area contributed by atoms with E-state index in [1.807, 2.05) is 0 Å². The fourth-order valence-electron chi connectivity index (χ4n) is 1.50. The molecule has 0 aromatic carbocycles. The topological polar surface area (TPSA) is 87.7 Å². The molecule has 7 heteroatoms. The zero-order valence-corrected chi connectivity index (χ0v) is 9.88. The number of amides is 1. The first-order valence-electron chi connectivity index (χ1n) is 4.91. The number of halogens is 1. The average Bonchev–Trinajstić information content (AvgIpc) is 2.77. The maximum atomic E-state index is 11.5. The predicted octanol–water partition coefficient (Wildman–Crippen LogP) is -1.19. The summed E-state index contributed by atoms with van der Waals surface area (Å²) >= 11 is 0. The molecule has 0 aliphatic carbocycles. The Morgan fingerprint density at radius 2 is 2.31 bits per heavy atom. The molecule has 1 aliphatic rings. The van der Waals surface area contributed by atoms with Crippen LogP contribution in [0.3, 0.4) is 0 Å². The number of ether oxygens (including phenoxy) is 1. The van der Waals surface area contributed by atoms with Gasteiger partial charge in [0, 0.05) is 0 Å². The summed E-state index contributed by atoms with van der Waals surface area (Å²) in [6, 6.07) is -1.23. The van der Waals surface area contributed by atoms with Crippen LogP contribution >= 0.6 is 12.4 Å². The quantitative estimate of drug-likeness (QED) is 0.548. The van der Waals surface area contributed by atoms with E-state index in [-0.39, 0.29) is 24.4 Å². The zero-order chi connectivity index (χ0) is 11.3. The molecule has 0 aromatic heterocycles. The van der Waals surface area contributed by atoms with Gasteiger partial charge in [-0.25, -0.2) is 4.79 Å². The highest BCUT2D eigenvalue weighted by molar-refractivity contribution is 5.87. The second-order valence-electron chi connectivity index (χ2n) is 3.42. The van der Waals surface area contributed by atoms with Gasteiger partial charge in [-0.15, -0.1) is 12.4 Å². The molecule has 1 fully saturated rings. The minimum Gasteiger partial charge on any atom is -0.467 e. The second-order valence-corrected chi connectivity index (χ2v) is 3.42. The summed E-state index contributed by atoms with van der Waals surface area (Å²) in [6.07, 6.45) is 1.70. The van der Waals surface area contributed by atoms with Gasteiger partial charge in [0.25, 0.3) is 0 Å². The molecule has 16 heavy (non-hydrogen) atoms. The number of hydrogen-bond acceptors (Lipinski definition) is 5. The summed E-state index contributed by atoms with van der Waals surface area (Å²) in [5.74, 6) is -0.902. The van der Waals surface area contributed by atoms with Gasteiger partial charge in [-0.2, -0.15) is 0 Å². The Balaban J connectivity index is 0.00000225. The molecule has 1 saturated heterocycles. The van der Waals surface area contributed by atoms with Crippen molar-refractivity contribution in [2.75, 3.05) is 20.3 Å². The zero-order valence-electron chi connectivity index (χ0n) is 9.06. The van der Waals surface area contributed by atoms with E-state index >= 15 is 0 Å². The van der Waals surface area contributed by atoms with Gasteiger partial charge in [-0.05, 0) is 19.4 Å². The van der Waals surface area contributed by atoms with Crippen molar-refractivity contribution in [2.45, 2.75) is 24.9 Å². The van der Waals surface area contributed by atoms with E-state index in [4.69, 9.17) is 5.11 Å². The molecule has 0 saturated carbocycles. The summed E-state index contributed by atoms with van der Waals surface area (Å²) in [4.78, 5) is 22.6. The average molecular weight is 253 g/mol. The molecule has 1 amide bonds. The van der Waals surface area contributed by atoms with E-state index in [9.17, 15) is 9.59 Å². The van der Waals surface area contributed by atoms with E-state index in [0.29, 0.717) is 0 Å². The lowest BCUT2D eigenvalue weighted by molar-refractivity contribution is -0.146. The predicted molar refractivity (Wildman–Crippen MR) is 59.3 cm³/mol. The molecular weight excluding hydrogens is 236 g/mol. The van der Waals surface area contributed by atoms with Crippen LogP contribution in [0.4, 0.5) is 0 Å². The molecule has 0 spiro atoms. The Hall–Kier alpha value is -0.850. The van der Waals surface area contributed by atoms with E-state index in [1.165, 1.54) is 7.11 Å². The number of carbonyl (C=O) groups is 2. The lowest BCUT2D eigenvalue weighted by atomic mass is 10.2. The van der Waals surface area contributed by atoms with Crippen molar-refractivity contribution in [1.29, 1.82) is 0 Å². The molecule has 1 aliphatic heterocycles. The van der Waals surface area contributed by atoms with E-state index < -0.39 is 18.6 Å². The van der Waals surface area contributed by atoms with Crippen LogP contribution in [0, 0.1) is 0 Å². The summed E-state index contributed by atoms with van der Waals surface area (Å²) in [5, 5.41) is 14.3. The number of hydrogen-bond donors (Lipinski definition) is 3. The van der Waals surface area contributed by atoms with Crippen LogP contribution in [0.2, 0.25) is 0 Å². The van der Waals surface area contributed by atoms with Gasteiger partial charge in [0.1, 0.15) is 0 Å². The Kier molecular flexibility index (Phi) is 7.03. The third kappa shape index (κ3) is 3.96. The van der Waals surface area contributed by atoms with E-state index in [0.717, 1.165) is 19.4 Å². The van der Waals surface area contributed by atoms with E-state index in [1.54, 1.807) is 0 Å². The van der Waals surface area contributed by atoms with Crippen LogP contribution in [0.1, 0.15) is 12.8 Å². The molecule has 94 valence electrons. The first kappa shape index (κ1) is 15.2. The van der Waals surface area contributed by atoms with Gasteiger partial charge >= 0.3 is 5.97 Å². The largest absolute Gasteiger partial charge is 0.467 e. The summed E-state index contributed by atoms with van der Waals surface area (Å²) in [5.41, 5.74) is 0. The summed E-state index contributed by atoms with van der Waals surface area (Å²) < 4.78 is 4.43. The van der Waals surface area contributed by atoms with Crippen LogP contribution in [-0.2, 0) is 14.3 Å². The standard InChI is InChI=1S/C9H16N2O4.ClH/c1-15-9(14)7(5-12)11-8(13)6-3-2-4-10-6;/h6-7,10,12H,2-5H2,1H3,(H,11,13);1H. The smallest absolute Gasteiger partial charge is 0.330 e. The Bertz CT molecular complexity index is 244. The van der Waals surface area contributed by atoms with Crippen LogP contribution in [0.15, 0.2) is 0 Å². The molecule has 1 heterocycles. The molecule has 3 N–H and O–H groups in total. The fraction of sp³-hybridized carbons (Fsp3) is 0.778. The molecule has 2 unspecified atom stereocenters. The van der Waals surface area contributed by atoms with Crippen LogP contribution in [-0.4, -0.2) is 49.3 Å². The molecule has 0 aromatic rings. The van der Waals surface area contributed by atoms with Crippen molar-refractivity contribution >= 4 is 24.3 Å². The van der Waals surface area contributed by atoms with Crippen LogP contribution in [0.25, 0.3) is 0 Å². The molecule has 0 bridgehead atoms. The molecule has 1 rings (SSSR count). The number of esters is 1. The minimum absolute atomic E-state index is 0. The fourth-order valence-corrected chi connectivity index (χ4v) is 1.50. The number of nitrogens with one attached hydrogen (secondary N) is 2. The maximum absolute atomic E-state index is 11.5. The van der Waals surface area contributed by atoms with Crippen molar-refractivity contribution in [1.82, 2.24) is 10.6 Å². The van der Waals surface area contributed by atoms with Gasteiger partial charge in [-0.3, -0.25) is 4.79 Å². The number of methoxy groups -OCH3 is 1. The van der Waals surface area contributed by atoms with Gasteiger partial charge in [0.15, 0.2) is 6.04 Å². The van der Waals surface area contributed by atoms with Crippen molar-refractivity contribution in [2.24, 2.45) is 0 Å². The van der Waals surface area contributed by atoms with Gasteiger partial charge < -0.3 is 20.5 Å². The van der Waals surface area contributed by atoms with Gasteiger partial charge in [0.2, 0.25) is 5.91 Å². The highest BCUT2D eigenvalue weighted by Gasteiger charge is 2.27. The van der Waals surface area contributed by atoms with Crippen molar-refractivity contribution in [3.8, 4) is 0 Å². The number of aliphatic hydroxyl groups is 1.